The molecule has 0 aliphatic carbocycles. The molecule has 2 unspecified atom stereocenters. The standard InChI is InChI=1S/C24H52NO6P/c1-5-6-7-8-9-10-11-12-13-14-15-16-17-18-19-24(20-25(2,3)4)31-32(28,29)30-22-23(27)21-26/h23-24,26-27H,5-22H2,1-4H3/p+1/t23-,24?/m1/s1. The van der Waals surface area contributed by atoms with E-state index in [-0.39, 0.29) is 0 Å². The Morgan fingerprint density at radius 3 is 1.66 bits per heavy atom. The minimum atomic E-state index is -4.27. The molecular weight excluding hydrogens is 429 g/mol. The van der Waals surface area contributed by atoms with Crippen LogP contribution in [-0.2, 0) is 13.6 Å². The second-order valence-corrected chi connectivity index (χ2v) is 11.6. The monoisotopic (exact) mass is 482 g/mol. The SMILES string of the molecule is CCCCCCCCCCCCCCCCC(C[N+](C)(C)C)OP(=O)(O)OC[C@H](O)CO. The molecule has 32 heavy (non-hydrogen) atoms. The lowest BCUT2D eigenvalue weighted by molar-refractivity contribution is -0.873. The van der Waals surface area contributed by atoms with Gasteiger partial charge >= 0.3 is 7.82 Å². The first kappa shape index (κ1) is 32.0. The Labute approximate surface area is 197 Å². The van der Waals surface area contributed by atoms with Gasteiger partial charge in [0.2, 0.25) is 0 Å². The van der Waals surface area contributed by atoms with Gasteiger partial charge in [-0.2, -0.15) is 0 Å². The fourth-order valence-electron chi connectivity index (χ4n) is 3.81. The summed E-state index contributed by atoms with van der Waals surface area (Å²) < 4.78 is 23.0. The van der Waals surface area contributed by atoms with Crippen LogP contribution >= 0.6 is 7.82 Å². The number of unbranched alkanes of at least 4 members (excludes halogenated alkanes) is 13. The Morgan fingerprint density at radius 1 is 0.812 bits per heavy atom. The zero-order valence-electron chi connectivity index (χ0n) is 21.3. The van der Waals surface area contributed by atoms with E-state index in [4.69, 9.17) is 14.2 Å². The number of quaternary nitrogens is 1. The maximum Gasteiger partial charge on any atom is 0.472 e. The molecule has 3 N–H and O–H groups in total. The topological polar surface area (TPSA) is 96.2 Å². The molecule has 0 rings (SSSR count). The van der Waals surface area contributed by atoms with E-state index in [1.807, 2.05) is 21.1 Å². The summed E-state index contributed by atoms with van der Waals surface area (Å²) in [7, 11) is 1.77. The van der Waals surface area contributed by atoms with E-state index < -0.39 is 33.2 Å². The van der Waals surface area contributed by atoms with Gasteiger partial charge in [-0.05, 0) is 6.42 Å². The predicted molar refractivity (Wildman–Crippen MR) is 132 cm³/mol. The van der Waals surface area contributed by atoms with E-state index >= 15 is 0 Å². The molecule has 0 spiro atoms. The van der Waals surface area contributed by atoms with Gasteiger partial charge < -0.3 is 19.6 Å². The van der Waals surface area contributed by atoms with Crippen LogP contribution in [0.2, 0.25) is 0 Å². The summed E-state index contributed by atoms with van der Waals surface area (Å²) in [5.74, 6) is 0. The molecule has 7 nitrogen and oxygen atoms in total. The lowest BCUT2D eigenvalue weighted by Crippen LogP contribution is -2.42. The van der Waals surface area contributed by atoms with E-state index in [1.54, 1.807) is 0 Å². The Hall–Kier alpha value is -0.0100. The van der Waals surface area contributed by atoms with Crippen molar-refractivity contribution in [2.75, 3.05) is 40.9 Å². The third-order valence-electron chi connectivity index (χ3n) is 5.55. The van der Waals surface area contributed by atoms with E-state index in [0.29, 0.717) is 17.4 Å². The van der Waals surface area contributed by atoms with Crippen LogP contribution in [0.3, 0.4) is 0 Å². The van der Waals surface area contributed by atoms with Gasteiger partial charge in [-0.3, -0.25) is 9.05 Å². The molecule has 3 atom stereocenters. The molecule has 0 heterocycles. The molecule has 0 fully saturated rings. The summed E-state index contributed by atoms with van der Waals surface area (Å²) in [6.45, 7) is 1.89. The van der Waals surface area contributed by atoms with Crippen molar-refractivity contribution in [2.24, 2.45) is 0 Å². The quantitative estimate of drug-likeness (QED) is 0.102. The van der Waals surface area contributed by atoms with Gasteiger partial charge in [0.15, 0.2) is 0 Å². The van der Waals surface area contributed by atoms with Crippen molar-refractivity contribution in [3.8, 4) is 0 Å². The molecule has 0 bridgehead atoms. The molecule has 0 saturated heterocycles. The first-order valence-electron chi connectivity index (χ1n) is 12.8. The third-order valence-corrected chi connectivity index (χ3v) is 6.59. The summed E-state index contributed by atoms with van der Waals surface area (Å²) in [5, 5.41) is 18.1. The number of rotatable bonds is 23. The second-order valence-electron chi connectivity index (χ2n) is 10.2. The highest BCUT2D eigenvalue weighted by molar-refractivity contribution is 7.47. The van der Waals surface area contributed by atoms with Crippen molar-refractivity contribution in [3.63, 3.8) is 0 Å². The van der Waals surface area contributed by atoms with Crippen LogP contribution in [0.1, 0.15) is 103 Å². The Morgan fingerprint density at radius 2 is 1.25 bits per heavy atom. The largest absolute Gasteiger partial charge is 0.472 e. The second kappa shape index (κ2) is 19.3. The van der Waals surface area contributed by atoms with E-state index in [1.165, 1.54) is 77.0 Å². The molecule has 0 aliphatic rings. The highest BCUT2D eigenvalue weighted by Gasteiger charge is 2.30. The molecule has 0 saturated carbocycles. The number of aliphatic hydroxyl groups is 2. The van der Waals surface area contributed by atoms with Gasteiger partial charge in [0, 0.05) is 0 Å². The third kappa shape index (κ3) is 21.8. The van der Waals surface area contributed by atoms with Crippen LogP contribution in [0, 0.1) is 0 Å². The normalized spacial score (nSPS) is 16.1. The molecular formula is C24H53NO6P+. The van der Waals surface area contributed by atoms with Crippen molar-refractivity contribution in [1.82, 2.24) is 0 Å². The first-order valence-corrected chi connectivity index (χ1v) is 14.3. The molecule has 0 aromatic heterocycles. The van der Waals surface area contributed by atoms with Crippen LogP contribution < -0.4 is 0 Å². The lowest BCUT2D eigenvalue weighted by atomic mass is 10.0. The first-order chi connectivity index (χ1) is 15.1. The van der Waals surface area contributed by atoms with E-state index in [2.05, 4.69) is 6.92 Å². The minimum absolute atomic E-state index is 0.394. The summed E-state index contributed by atoms with van der Waals surface area (Å²) in [5.41, 5.74) is 0. The number of hydrogen-bond donors (Lipinski definition) is 3. The maximum atomic E-state index is 12.2. The minimum Gasteiger partial charge on any atom is -0.394 e. The summed E-state index contributed by atoms with van der Waals surface area (Å²) in [6.07, 6.45) is 17.2. The zero-order chi connectivity index (χ0) is 24.3. The fraction of sp³-hybridized carbons (Fsp3) is 1.00. The van der Waals surface area contributed by atoms with Gasteiger partial charge in [-0.1, -0.05) is 96.8 Å². The molecule has 194 valence electrons. The van der Waals surface area contributed by atoms with Crippen LogP contribution in [0.15, 0.2) is 0 Å². The highest BCUT2D eigenvalue weighted by atomic mass is 31.2. The van der Waals surface area contributed by atoms with Crippen molar-refractivity contribution in [1.29, 1.82) is 0 Å². The average molecular weight is 483 g/mol. The molecule has 0 radical (unpaired) electrons. The van der Waals surface area contributed by atoms with Crippen LogP contribution in [0.5, 0.6) is 0 Å². The Kier molecular flexibility index (Phi) is 19.3. The molecule has 0 amide bonds. The molecule has 0 aromatic rings. The number of phosphoric ester groups is 1. The number of likely N-dealkylation sites (N-methyl/N-ethyl adjacent to an activating group) is 1. The maximum absolute atomic E-state index is 12.2. The number of aliphatic hydroxyl groups excluding tert-OH is 2. The fourth-order valence-corrected chi connectivity index (χ4v) is 4.78. The van der Waals surface area contributed by atoms with Gasteiger partial charge in [-0.25, -0.2) is 4.57 Å². The van der Waals surface area contributed by atoms with Gasteiger partial charge in [0.25, 0.3) is 0 Å². The molecule has 8 heteroatoms. The van der Waals surface area contributed by atoms with Gasteiger partial charge in [0.05, 0.1) is 34.4 Å². The van der Waals surface area contributed by atoms with Crippen LogP contribution in [-0.4, -0.2) is 72.7 Å². The van der Waals surface area contributed by atoms with Gasteiger partial charge in [-0.15, -0.1) is 0 Å². The average Bonchev–Trinajstić information content (AvgIpc) is 2.70. The van der Waals surface area contributed by atoms with Crippen molar-refractivity contribution in [3.05, 3.63) is 0 Å². The summed E-state index contributed by atoms with van der Waals surface area (Å²) in [4.78, 5) is 9.95. The summed E-state index contributed by atoms with van der Waals surface area (Å²) in [6, 6.07) is 0. The van der Waals surface area contributed by atoms with E-state index in [9.17, 15) is 14.6 Å². The lowest BCUT2D eigenvalue weighted by Gasteiger charge is -2.30. The van der Waals surface area contributed by atoms with Crippen molar-refractivity contribution in [2.45, 2.75) is 115 Å². The smallest absolute Gasteiger partial charge is 0.394 e. The Bertz CT molecular complexity index is 472. The predicted octanol–water partition coefficient (Wildman–Crippen LogP) is 5.42. The van der Waals surface area contributed by atoms with Crippen molar-refractivity contribution < 1.29 is 33.2 Å². The van der Waals surface area contributed by atoms with Crippen molar-refractivity contribution >= 4 is 7.82 Å². The van der Waals surface area contributed by atoms with Crippen LogP contribution in [0.4, 0.5) is 0 Å². The molecule has 0 aromatic carbocycles. The number of hydrogen-bond acceptors (Lipinski definition) is 5. The summed E-state index contributed by atoms with van der Waals surface area (Å²) >= 11 is 0. The molecule has 0 aliphatic heterocycles. The Balaban J connectivity index is 3.95. The number of nitrogens with zero attached hydrogens (tertiary/aromatic N) is 1. The van der Waals surface area contributed by atoms with Gasteiger partial charge in [0.1, 0.15) is 18.8 Å². The van der Waals surface area contributed by atoms with Crippen LogP contribution in [0.25, 0.3) is 0 Å². The van der Waals surface area contributed by atoms with E-state index in [0.717, 1.165) is 12.8 Å². The number of phosphoric acid groups is 1. The zero-order valence-corrected chi connectivity index (χ0v) is 22.2. The highest BCUT2D eigenvalue weighted by Crippen LogP contribution is 2.45.